The Labute approximate surface area is 197 Å². The third-order valence-electron chi connectivity index (χ3n) is 5.96. The number of hydrogen-bond acceptors (Lipinski definition) is 6. The van der Waals surface area contributed by atoms with Crippen molar-refractivity contribution in [2.75, 3.05) is 14.1 Å². The average molecular weight is 468 g/mol. The molecule has 3 atom stereocenters. The molecule has 1 aromatic heterocycles. The second kappa shape index (κ2) is 10.9. The van der Waals surface area contributed by atoms with Crippen molar-refractivity contribution in [3.8, 4) is 11.1 Å². The van der Waals surface area contributed by atoms with E-state index in [9.17, 15) is 24.3 Å². The van der Waals surface area contributed by atoms with E-state index in [4.69, 9.17) is 5.73 Å². The largest absolute Gasteiger partial charge is 0.390 e. The Hall–Kier alpha value is -3.79. The van der Waals surface area contributed by atoms with Crippen LogP contribution < -0.4 is 16.4 Å². The van der Waals surface area contributed by atoms with Crippen molar-refractivity contribution in [2.45, 2.75) is 38.0 Å². The summed E-state index contributed by atoms with van der Waals surface area (Å²) in [5, 5.41) is 14.8. The molecule has 0 bridgehead atoms. The SMILES string of the molecule is CN(C)C(=O)[C@H]1CC[C@H](NC(=O)C(N)=O)[C@H](NC(=O)c2ccc(-c3ccnc(CO)c3)cc2)C1. The van der Waals surface area contributed by atoms with Gasteiger partial charge >= 0.3 is 11.8 Å². The Morgan fingerprint density at radius 1 is 1.03 bits per heavy atom. The molecule has 4 amide bonds. The number of carbonyl (C=O) groups excluding carboxylic acids is 4. The number of carbonyl (C=O) groups is 4. The number of pyridine rings is 1. The molecule has 1 fully saturated rings. The van der Waals surface area contributed by atoms with Crippen molar-refractivity contribution in [3.05, 3.63) is 53.9 Å². The van der Waals surface area contributed by atoms with Crippen molar-refractivity contribution in [1.82, 2.24) is 20.5 Å². The van der Waals surface area contributed by atoms with E-state index in [2.05, 4.69) is 15.6 Å². The highest BCUT2D eigenvalue weighted by Crippen LogP contribution is 2.27. The van der Waals surface area contributed by atoms with Crippen molar-refractivity contribution in [3.63, 3.8) is 0 Å². The molecule has 1 heterocycles. The maximum atomic E-state index is 13.0. The zero-order valence-electron chi connectivity index (χ0n) is 19.2. The van der Waals surface area contributed by atoms with Gasteiger partial charge in [0.2, 0.25) is 5.91 Å². The lowest BCUT2D eigenvalue weighted by Gasteiger charge is -2.37. The highest BCUT2D eigenvalue weighted by Gasteiger charge is 2.36. The van der Waals surface area contributed by atoms with E-state index in [0.29, 0.717) is 30.5 Å². The number of nitrogens with zero attached hydrogens (tertiary/aromatic N) is 2. The Balaban J connectivity index is 1.75. The minimum absolute atomic E-state index is 0.0529. The third kappa shape index (κ3) is 5.96. The van der Waals surface area contributed by atoms with Gasteiger partial charge in [-0.15, -0.1) is 0 Å². The Morgan fingerprint density at radius 3 is 2.35 bits per heavy atom. The molecule has 0 spiro atoms. The lowest BCUT2D eigenvalue weighted by molar-refractivity contribution is -0.138. The molecule has 0 radical (unpaired) electrons. The molecule has 0 unspecified atom stereocenters. The van der Waals surface area contributed by atoms with E-state index in [1.165, 1.54) is 4.90 Å². The molecule has 1 aliphatic rings. The molecular weight excluding hydrogens is 438 g/mol. The van der Waals surface area contributed by atoms with Crippen LogP contribution in [0.3, 0.4) is 0 Å². The molecule has 34 heavy (non-hydrogen) atoms. The van der Waals surface area contributed by atoms with Gasteiger partial charge in [0.15, 0.2) is 0 Å². The molecule has 0 aliphatic heterocycles. The first-order chi connectivity index (χ1) is 16.2. The molecule has 2 aromatic rings. The number of nitrogens with two attached hydrogens (primary N) is 1. The van der Waals surface area contributed by atoms with Gasteiger partial charge in [0, 0.05) is 37.8 Å². The first-order valence-corrected chi connectivity index (χ1v) is 11.0. The summed E-state index contributed by atoms with van der Waals surface area (Å²) < 4.78 is 0. The van der Waals surface area contributed by atoms with E-state index in [1.807, 2.05) is 6.07 Å². The number of hydrogen-bond donors (Lipinski definition) is 4. The van der Waals surface area contributed by atoms with Gasteiger partial charge in [0.25, 0.3) is 5.91 Å². The summed E-state index contributed by atoms with van der Waals surface area (Å²) in [6.45, 7) is -0.166. The molecule has 1 saturated carbocycles. The Morgan fingerprint density at radius 2 is 1.74 bits per heavy atom. The predicted molar refractivity (Wildman–Crippen MR) is 124 cm³/mol. The summed E-state index contributed by atoms with van der Waals surface area (Å²) in [5.74, 6) is -2.75. The second-order valence-electron chi connectivity index (χ2n) is 8.54. The number of rotatable bonds is 6. The van der Waals surface area contributed by atoms with Crippen molar-refractivity contribution < 1.29 is 24.3 Å². The summed E-state index contributed by atoms with van der Waals surface area (Å²) in [6, 6.07) is 9.43. The van der Waals surface area contributed by atoms with E-state index < -0.39 is 23.9 Å². The Kier molecular flexibility index (Phi) is 7.95. The van der Waals surface area contributed by atoms with Gasteiger partial charge in [0.1, 0.15) is 0 Å². The number of primary amides is 1. The molecular formula is C24H29N5O5. The van der Waals surface area contributed by atoms with Crippen LogP contribution in [0, 0.1) is 5.92 Å². The van der Waals surface area contributed by atoms with Crippen LogP contribution in [0.5, 0.6) is 0 Å². The third-order valence-corrected chi connectivity index (χ3v) is 5.96. The van der Waals surface area contributed by atoms with Crippen LogP contribution in [0.2, 0.25) is 0 Å². The molecule has 5 N–H and O–H groups in total. The van der Waals surface area contributed by atoms with E-state index in [0.717, 1.165) is 11.1 Å². The Bertz CT molecular complexity index is 1070. The topological polar surface area (TPSA) is 155 Å². The van der Waals surface area contributed by atoms with Gasteiger partial charge in [-0.3, -0.25) is 24.2 Å². The van der Waals surface area contributed by atoms with Crippen molar-refractivity contribution in [1.29, 1.82) is 0 Å². The van der Waals surface area contributed by atoms with Crippen LogP contribution in [0.25, 0.3) is 11.1 Å². The molecule has 1 aromatic carbocycles. The summed E-state index contributed by atoms with van der Waals surface area (Å²) in [6.07, 6.45) is 2.87. The highest BCUT2D eigenvalue weighted by atomic mass is 16.3. The molecule has 10 nitrogen and oxygen atoms in total. The summed E-state index contributed by atoms with van der Waals surface area (Å²) in [4.78, 5) is 54.1. The minimum atomic E-state index is -1.10. The van der Waals surface area contributed by atoms with Gasteiger partial charge in [-0.2, -0.15) is 0 Å². The predicted octanol–water partition coefficient (Wildman–Crippen LogP) is 0.198. The number of aliphatic hydroxyl groups is 1. The highest BCUT2D eigenvalue weighted by molar-refractivity contribution is 6.34. The molecule has 180 valence electrons. The molecule has 0 saturated heterocycles. The van der Waals surface area contributed by atoms with E-state index in [-0.39, 0.29) is 24.3 Å². The zero-order chi connectivity index (χ0) is 24.8. The fourth-order valence-electron chi connectivity index (χ4n) is 4.14. The first kappa shape index (κ1) is 24.8. The smallest absolute Gasteiger partial charge is 0.309 e. The number of aliphatic hydroxyl groups excluding tert-OH is 1. The lowest BCUT2D eigenvalue weighted by Crippen LogP contribution is -2.57. The second-order valence-corrected chi connectivity index (χ2v) is 8.54. The number of nitrogens with one attached hydrogen (secondary N) is 2. The summed E-state index contributed by atoms with van der Waals surface area (Å²) in [7, 11) is 3.34. The summed E-state index contributed by atoms with van der Waals surface area (Å²) >= 11 is 0. The molecule has 10 heteroatoms. The average Bonchev–Trinajstić information content (AvgIpc) is 2.84. The maximum absolute atomic E-state index is 13.0. The zero-order valence-corrected chi connectivity index (χ0v) is 19.2. The van der Waals surface area contributed by atoms with Gasteiger partial charge in [-0.25, -0.2) is 0 Å². The van der Waals surface area contributed by atoms with E-state index >= 15 is 0 Å². The minimum Gasteiger partial charge on any atom is -0.390 e. The van der Waals surface area contributed by atoms with Crippen LogP contribution in [0.4, 0.5) is 0 Å². The first-order valence-electron chi connectivity index (χ1n) is 11.0. The van der Waals surface area contributed by atoms with Gasteiger partial charge in [-0.1, -0.05) is 12.1 Å². The van der Waals surface area contributed by atoms with Crippen molar-refractivity contribution >= 4 is 23.6 Å². The number of benzene rings is 1. The fraction of sp³-hybridized carbons (Fsp3) is 0.375. The van der Waals surface area contributed by atoms with Crippen LogP contribution >= 0.6 is 0 Å². The fourth-order valence-corrected chi connectivity index (χ4v) is 4.14. The lowest BCUT2D eigenvalue weighted by atomic mass is 9.81. The van der Waals surface area contributed by atoms with E-state index in [1.54, 1.807) is 50.6 Å². The van der Waals surface area contributed by atoms with Crippen LogP contribution in [-0.2, 0) is 21.0 Å². The standard InChI is InChI=1S/C24H29N5O5/c1-29(2)24(34)17-7-8-19(27-23(33)21(25)31)20(12-17)28-22(32)15-5-3-14(4-6-15)16-9-10-26-18(11-16)13-30/h3-6,9-11,17,19-20,30H,7-8,12-13H2,1-2H3,(H2,25,31)(H,27,33)(H,28,32)/t17-,19-,20+/m0/s1. The maximum Gasteiger partial charge on any atom is 0.309 e. The molecule has 1 aliphatic carbocycles. The summed E-state index contributed by atoms with van der Waals surface area (Å²) in [5.41, 5.74) is 7.73. The molecule has 3 rings (SSSR count). The normalized spacial score (nSPS) is 19.7. The van der Waals surface area contributed by atoms with Crippen LogP contribution in [0.1, 0.15) is 35.3 Å². The van der Waals surface area contributed by atoms with Gasteiger partial charge in [-0.05, 0) is 54.7 Å². The van der Waals surface area contributed by atoms with Crippen LogP contribution in [-0.4, -0.2) is 64.8 Å². The number of aromatic nitrogens is 1. The van der Waals surface area contributed by atoms with Crippen molar-refractivity contribution in [2.24, 2.45) is 11.7 Å². The monoisotopic (exact) mass is 467 g/mol. The number of amides is 4. The van der Waals surface area contributed by atoms with Crippen LogP contribution in [0.15, 0.2) is 42.6 Å². The van der Waals surface area contributed by atoms with Gasteiger partial charge < -0.3 is 26.4 Å². The van der Waals surface area contributed by atoms with Gasteiger partial charge in [0.05, 0.1) is 18.3 Å². The quantitative estimate of drug-likeness (QED) is 0.445.